The van der Waals surface area contributed by atoms with E-state index in [1.54, 1.807) is 0 Å². The summed E-state index contributed by atoms with van der Waals surface area (Å²) in [6.45, 7) is 0.331. The molecule has 5 heteroatoms. The number of alkyl halides is 2. The van der Waals surface area contributed by atoms with Crippen molar-refractivity contribution < 1.29 is 23.4 Å². The van der Waals surface area contributed by atoms with E-state index in [2.05, 4.69) is 0 Å². The predicted molar refractivity (Wildman–Crippen MR) is 47.6 cm³/mol. The van der Waals surface area contributed by atoms with E-state index in [1.165, 1.54) is 6.07 Å². The van der Waals surface area contributed by atoms with Crippen molar-refractivity contribution in [3.8, 4) is 5.75 Å². The van der Waals surface area contributed by atoms with Crippen LogP contribution in [-0.2, 0) is 6.42 Å². The number of hydrogen-bond acceptors (Lipinski definition) is 2. The number of carboxylic acid groups (broad SMARTS) is 1. The zero-order valence-corrected chi connectivity index (χ0v) is 7.67. The maximum Gasteiger partial charge on any atom is 0.335 e. The number of rotatable bonds is 2. The molecule has 1 aromatic rings. The van der Waals surface area contributed by atoms with Gasteiger partial charge >= 0.3 is 5.97 Å². The van der Waals surface area contributed by atoms with Crippen molar-refractivity contribution >= 4 is 5.97 Å². The first-order chi connectivity index (χ1) is 7.09. The van der Waals surface area contributed by atoms with Gasteiger partial charge in [0.1, 0.15) is 5.75 Å². The maximum absolute atomic E-state index is 12.6. The molecule has 0 spiro atoms. The van der Waals surface area contributed by atoms with Crippen LogP contribution in [0.3, 0.4) is 0 Å². The fraction of sp³-hybridized carbons (Fsp3) is 0.300. The van der Waals surface area contributed by atoms with E-state index in [1.807, 2.05) is 0 Å². The molecular weight excluding hydrogens is 206 g/mol. The summed E-state index contributed by atoms with van der Waals surface area (Å²) in [5.74, 6) is -1.05. The Balaban J connectivity index is 2.57. The summed E-state index contributed by atoms with van der Waals surface area (Å²) in [5, 5.41) is 8.74. The molecule has 0 saturated carbocycles. The molecule has 1 aliphatic heterocycles. The molecule has 2 rings (SSSR count). The molecular formula is C10H8F2O3. The van der Waals surface area contributed by atoms with Crippen molar-refractivity contribution in [1.29, 1.82) is 0 Å². The summed E-state index contributed by atoms with van der Waals surface area (Å²) in [4.78, 5) is 10.7. The third kappa shape index (κ3) is 1.65. The molecule has 0 atom stereocenters. The van der Waals surface area contributed by atoms with E-state index in [9.17, 15) is 13.6 Å². The van der Waals surface area contributed by atoms with E-state index < -0.39 is 12.4 Å². The van der Waals surface area contributed by atoms with Crippen LogP contribution in [0.5, 0.6) is 5.75 Å². The second-order valence-electron chi connectivity index (χ2n) is 3.26. The van der Waals surface area contributed by atoms with Gasteiger partial charge in [0.15, 0.2) is 0 Å². The Morgan fingerprint density at radius 3 is 2.80 bits per heavy atom. The number of carboxylic acids is 1. The van der Waals surface area contributed by atoms with E-state index in [-0.39, 0.29) is 16.9 Å². The highest BCUT2D eigenvalue weighted by molar-refractivity contribution is 5.88. The lowest BCUT2D eigenvalue weighted by atomic mass is 10.0. The number of aromatic carboxylic acids is 1. The average Bonchev–Trinajstić information content (AvgIpc) is 2.62. The summed E-state index contributed by atoms with van der Waals surface area (Å²) in [6, 6.07) is 2.35. The molecule has 0 aliphatic carbocycles. The quantitative estimate of drug-likeness (QED) is 0.821. The van der Waals surface area contributed by atoms with Gasteiger partial charge in [-0.25, -0.2) is 13.6 Å². The van der Waals surface area contributed by atoms with E-state index in [4.69, 9.17) is 9.84 Å². The van der Waals surface area contributed by atoms with Crippen molar-refractivity contribution in [1.82, 2.24) is 0 Å². The Hall–Kier alpha value is -1.65. The zero-order valence-electron chi connectivity index (χ0n) is 7.67. The van der Waals surface area contributed by atoms with Gasteiger partial charge in [0.05, 0.1) is 17.7 Å². The third-order valence-corrected chi connectivity index (χ3v) is 2.29. The molecule has 1 heterocycles. The van der Waals surface area contributed by atoms with Gasteiger partial charge in [-0.3, -0.25) is 0 Å². The summed E-state index contributed by atoms with van der Waals surface area (Å²) in [6.07, 6.45) is -2.23. The van der Waals surface area contributed by atoms with Gasteiger partial charge in [0.25, 0.3) is 6.43 Å². The zero-order chi connectivity index (χ0) is 11.0. The maximum atomic E-state index is 12.6. The fourth-order valence-corrected chi connectivity index (χ4v) is 1.62. The van der Waals surface area contributed by atoms with Crippen molar-refractivity contribution in [2.45, 2.75) is 12.8 Å². The van der Waals surface area contributed by atoms with E-state index in [0.29, 0.717) is 18.6 Å². The molecule has 1 aliphatic rings. The summed E-state index contributed by atoms with van der Waals surface area (Å²) < 4.78 is 30.2. The molecule has 0 unspecified atom stereocenters. The van der Waals surface area contributed by atoms with Gasteiger partial charge in [-0.15, -0.1) is 0 Å². The average molecular weight is 214 g/mol. The minimum Gasteiger partial charge on any atom is -0.492 e. The first-order valence-electron chi connectivity index (χ1n) is 4.40. The van der Waals surface area contributed by atoms with Crippen molar-refractivity contribution in [2.24, 2.45) is 0 Å². The molecule has 0 radical (unpaired) electrons. The second-order valence-corrected chi connectivity index (χ2v) is 3.26. The molecule has 15 heavy (non-hydrogen) atoms. The number of carbonyl (C=O) groups is 1. The standard InChI is InChI=1S/C10H8F2O3/c11-9(12)7-4-6(10(13)14)3-5-1-2-15-8(5)7/h3-4,9H,1-2H2,(H,13,14). The summed E-state index contributed by atoms with van der Waals surface area (Å²) in [7, 11) is 0. The fourth-order valence-electron chi connectivity index (χ4n) is 1.62. The molecule has 80 valence electrons. The van der Waals surface area contributed by atoms with Crippen LogP contribution in [0.25, 0.3) is 0 Å². The number of hydrogen-bond donors (Lipinski definition) is 1. The van der Waals surface area contributed by atoms with Crippen LogP contribution in [0.1, 0.15) is 27.9 Å². The number of fused-ring (bicyclic) bond motifs is 1. The SMILES string of the molecule is O=C(O)c1cc2c(c(C(F)F)c1)OCC2. The van der Waals surface area contributed by atoms with Crippen LogP contribution < -0.4 is 4.74 Å². The van der Waals surface area contributed by atoms with Crippen LogP contribution in [0.2, 0.25) is 0 Å². The van der Waals surface area contributed by atoms with Crippen molar-refractivity contribution in [2.75, 3.05) is 6.61 Å². The Bertz CT molecular complexity index is 415. The molecule has 1 N–H and O–H groups in total. The first-order valence-corrected chi connectivity index (χ1v) is 4.40. The van der Waals surface area contributed by atoms with Gasteiger partial charge in [0.2, 0.25) is 0 Å². The van der Waals surface area contributed by atoms with Crippen molar-refractivity contribution in [3.63, 3.8) is 0 Å². The highest BCUT2D eigenvalue weighted by Crippen LogP contribution is 2.36. The van der Waals surface area contributed by atoms with E-state index in [0.717, 1.165) is 6.07 Å². The van der Waals surface area contributed by atoms with Crippen molar-refractivity contribution in [3.05, 3.63) is 28.8 Å². The van der Waals surface area contributed by atoms with Gasteiger partial charge in [-0.05, 0) is 17.7 Å². The second kappa shape index (κ2) is 3.49. The minimum absolute atomic E-state index is 0.116. The van der Waals surface area contributed by atoms with Crippen LogP contribution in [0.15, 0.2) is 12.1 Å². The molecule has 0 fully saturated rings. The molecule has 0 amide bonds. The summed E-state index contributed by atoms with van der Waals surface area (Å²) in [5.41, 5.74) is 0.0992. The van der Waals surface area contributed by atoms with Gasteiger partial charge < -0.3 is 9.84 Å². The normalized spacial score (nSPS) is 13.8. The van der Waals surface area contributed by atoms with Crippen LogP contribution >= 0.6 is 0 Å². The Kier molecular flexibility index (Phi) is 2.30. The lowest BCUT2D eigenvalue weighted by Gasteiger charge is -2.08. The lowest BCUT2D eigenvalue weighted by molar-refractivity contribution is 0.0696. The van der Waals surface area contributed by atoms with E-state index >= 15 is 0 Å². The first kappa shape index (κ1) is 9.89. The molecule has 0 saturated heterocycles. The third-order valence-electron chi connectivity index (χ3n) is 2.29. The lowest BCUT2D eigenvalue weighted by Crippen LogP contribution is -2.00. The smallest absolute Gasteiger partial charge is 0.335 e. The number of ether oxygens (including phenoxy) is 1. The van der Waals surface area contributed by atoms with Gasteiger partial charge in [-0.1, -0.05) is 0 Å². The molecule has 1 aromatic carbocycles. The number of benzene rings is 1. The predicted octanol–water partition coefficient (Wildman–Crippen LogP) is 2.26. The highest BCUT2D eigenvalue weighted by Gasteiger charge is 2.24. The van der Waals surface area contributed by atoms with Gasteiger partial charge in [0, 0.05) is 6.42 Å². The molecule has 0 aromatic heterocycles. The Morgan fingerprint density at radius 2 is 2.20 bits per heavy atom. The monoisotopic (exact) mass is 214 g/mol. The Morgan fingerprint density at radius 1 is 1.47 bits per heavy atom. The van der Waals surface area contributed by atoms with Gasteiger partial charge in [-0.2, -0.15) is 0 Å². The van der Waals surface area contributed by atoms with Crippen LogP contribution in [0.4, 0.5) is 8.78 Å². The molecule has 0 bridgehead atoms. The topological polar surface area (TPSA) is 46.5 Å². The Labute approximate surface area is 84.3 Å². The molecule has 3 nitrogen and oxygen atoms in total. The number of halogens is 2. The highest BCUT2D eigenvalue weighted by atomic mass is 19.3. The largest absolute Gasteiger partial charge is 0.492 e. The summed E-state index contributed by atoms with van der Waals surface area (Å²) >= 11 is 0. The van der Waals surface area contributed by atoms with Crippen LogP contribution in [0, 0.1) is 0 Å². The minimum atomic E-state index is -2.71. The van der Waals surface area contributed by atoms with Crippen LogP contribution in [-0.4, -0.2) is 17.7 Å².